The summed E-state index contributed by atoms with van der Waals surface area (Å²) in [6, 6.07) is 3.72. The highest BCUT2D eigenvalue weighted by molar-refractivity contribution is 7.09. The molecule has 0 saturated heterocycles. The normalized spacial score (nSPS) is 10.9. The van der Waals surface area contributed by atoms with Crippen LogP contribution in [0.15, 0.2) is 28.8 Å². The number of amides is 1. The molecule has 0 saturated carbocycles. The van der Waals surface area contributed by atoms with Crippen LogP contribution in [0, 0.1) is 6.92 Å². The van der Waals surface area contributed by atoms with Crippen LogP contribution < -0.4 is 5.43 Å². The lowest BCUT2D eigenvalue weighted by Crippen LogP contribution is -2.19. The molecule has 0 aromatic carbocycles. The SMILES string of the molecule is Cc1nc(CC(=O)N/N=C/c2ccc[nH]2)cs1. The fraction of sp³-hybridized carbons (Fsp3) is 0.182. The van der Waals surface area contributed by atoms with E-state index in [4.69, 9.17) is 0 Å². The molecule has 0 spiro atoms. The van der Waals surface area contributed by atoms with Gasteiger partial charge in [-0.2, -0.15) is 5.10 Å². The molecule has 0 bridgehead atoms. The molecule has 0 aliphatic rings. The van der Waals surface area contributed by atoms with E-state index in [2.05, 4.69) is 20.5 Å². The Hall–Kier alpha value is -1.95. The number of nitrogens with zero attached hydrogens (tertiary/aromatic N) is 2. The van der Waals surface area contributed by atoms with Crippen molar-refractivity contribution in [2.45, 2.75) is 13.3 Å². The predicted octanol–water partition coefficient (Wildman–Crippen LogP) is 1.47. The average molecular weight is 248 g/mol. The van der Waals surface area contributed by atoms with E-state index in [9.17, 15) is 4.79 Å². The second-order valence-corrected chi connectivity index (χ2v) is 4.52. The summed E-state index contributed by atoms with van der Waals surface area (Å²) >= 11 is 1.53. The maximum Gasteiger partial charge on any atom is 0.246 e. The van der Waals surface area contributed by atoms with E-state index >= 15 is 0 Å². The zero-order valence-corrected chi connectivity index (χ0v) is 10.1. The van der Waals surface area contributed by atoms with Crippen LogP contribution in [0.2, 0.25) is 0 Å². The minimum absolute atomic E-state index is 0.168. The third-order valence-electron chi connectivity index (χ3n) is 2.02. The van der Waals surface area contributed by atoms with E-state index in [-0.39, 0.29) is 12.3 Å². The van der Waals surface area contributed by atoms with Crippen molar-refractivity contribution in [2.75, 3.05) is 0 Å². The summed E-state index contributed by atoms with van der Waals surface area (Å²) in [5.41, 5.74) is 4.07. The van der Waals surface area contributed by atoms with Crippen molar-refractivity contribution in [3.63, 3.8) is 0 Å². The topological polar surface area (TPSA) is 70.1 Å². The van der Waals surface area contributed by atoms with Crippen LogP contribution in [0.4, 0.5) is 0 Å². The number of hydrogen-bond acceptors (Lipinski definition) is 4. The Balaban J connectivity index is 1.82. The molecule has 2 N–H and O–H groups in total. The smallest absolute Gasteiger partial charge is 0.246 e. The summed E-state index contributed by atoms with van der Waals surface area (Å²) < 4.78 is 0. The van der Waals surface area contributed by atoms with Gasteiger partial charge in [-0.15, -0.1) is 11.3 Å². The highest BCUT2D eigenvalue weighted by Gasteiger charge is 2.04. The van der Waals surface area contributed by atoms with Gasteiger partial charge in [-0.3, -0.25) is 4.79 Å². The van der Waals surface area contributed by atoms with Crippen molar-refractivity contribution in [2.24, 2.45) is 5.10 Å². The Bertz CT molecular complexity index is 515. The van der Waals surface area contributed by atoms with Crippen molar-refractivity contribution in [1.29, 1.82) is 0 Å². The van der Waals surface area contributed by atoms with Gasteiger partial charge in [0.05, 0.1) is 29.0 Å². The lowest BCUT2D eigenvalue weighted by molar-refractivity contribution is -0.120. The van der Waals surface area contributed by atoms with E-state index < -0.39 is 0 Å². The summed E-state index contributed by atoms with van der Waals surface area (Å²) in [6.07, 6.45) is 3.61. The third-order valence-corrected chi connectivity index (χ3v) is 2.85. The fourth-order valence-electron chi connectivity index (χ4n) is 1.29. The standard InChI is InChI=1S/C11H12N4OS/c1-8-14-10(7-17-8)5-11(16)15-13-6-9-3-2-4-12-9/h2-4,6-7,12H,5H2,1H3,(H,15,16)/b13-6+. The summed E-state index contributed by atoms with van der Waals surface area (Å²) in [4.78, 5) is 18.6. The van der Waals surface area contributed by atoms with Crippen LogP contribution >= 0.6 is 11.3 Å². The number of H-pyrrole nitrogens is 1. The summed E-state index contributed by atoms with van der Waals surface area (Å²) in [5.74, 6) is -0.168. The van der Waals surface area contributed by atoms with Gasteiger partial charge in [0, 0.05) is 11.6 Å². The van der Waals surface area contributed by atoms with Gasteiger partial charge in [0.1, 0.15) is 0 Å². The summed E-state index contributed by atoms with van der Waals surface area (Å²) in [5, 5.41) is 6.68. The van der Waals surface area contributed by atoms with Crippen molar-refractivity contribution in [3.05, 3.63) is 40.1 Å². The molecule has 2 aromatic heterocycles. The quantitative estimate of drug-likeness (QED) is 0.635. The van der Waals surface area contributed by atoms with Crippen molar-refractivity contribution in [3.8, 4) is 0 Å². The molecule has 1 amide bonds. The first-order chi connectivity index (χ1) is 8.24. The molecule has 0 fully saturated rings. The second-order valence-electron chi connectivity index (χ2n) is 3.45. The first-order valence-corrected chi connectivity index (χ1v) is 5.98. The maximum absolute atomic E-state index is 11.5. The Morgan fingerprint density at radius 1 is 1.71 bits per heavy atom. The Morgan fingerprint density at radius 3 is 3.24 bits per heavy atom. The molecule has 17 heavy (non-hydrogen) atoms. The minimum atomic E-state index is -0.168. The Labute approximate surface area is 103 Å². The molecule has 0 aliphatic heterocycles. The van der Waals surface area contributed by atoms with Gasteiger partial charge in [-0.05, 0) is 19.1 Å². The first-order valence-electron chi connectivity index (χ1n) is 5.10. The highest BCUT2D eigenvalue weighted by atomic mass is 32.1. The van der Waals surface area contributed by atoms with Crippen LogP contribution in [0.25, 0.3) is 0 Å². The summed E-state index contributed by atoms with van der Waals surface area (Å²) in [7, 11) is 0. The predicted molar refractivity (Wildman–Crippen MR) is 67.1 cm³/mol. The number of thiazole rings is 1. The monoisotopic (exact) mass is 248 g/mol. The maximum atomic E-state index is 11.5. The lowest BCUT2D eigenvalue weighted by Gasteiger charge is -1.95. The van der Waals surface area contributed by atoms with Gasteiger partial charge in [-0.1, -0.05) is 0 Å². The number of rotatable bonds is 4. The number of aryl methyl sites for hydroxylation is 1. The molecular weight excluding hydrogens is 236 g/mol. The van der Waals surface area contributed by atoms with E-state index in [1.807, 2.05) is 24.4 Å². The molecule has 0 aliphatic carbocycles. The number of nitrogens with one attached hydrogen (secondary N) is 2. The van der Waals surface area contributed by atoms with E-state index in [0.717, 1.165) is 16.4 Å². The van der Waals surface area contributed by atoms with Crippen LogP contribution in [0.1, 0.15) is 16.4 Å². The third kappa shape index (κ3) is 3.53. The van der Waals surface area contributed by atoms with Crippen molar-refractivity contribution in [1.82, 2.24) is 15.4 Å². The minimum Gasteiger partial charge on any atom is -0.360 e. The first kappa shape index (κ1) is 11.5. The molecular formula is C11H12N4OS. The molecule has 88 valence electrons. The van der Waals surface area contributed by atoms with Gasteiger partial charge >= 0.3 is 0 Å². The van der Waals surface area contributed by atoms with E-state index in [0.29, 0.717) is 0 Å². The van der Waals surface area contributed by atoms with E-state index in [1.54, 1.807) is 12.4 Å². The van der Waals surface area contributed by atoms with Crippen LogP contribution in [-0.2, 0) is 11.2 Å². The van der Waals surface area contributed by atoms with Crippen molar-refractivity contribution < 1.29 is 4.79 Å². The number of hydrazone groups is 1. The second kappa shape index (κ2) is 5.40. The molecule has 0 atom stereocenters. The molecule has 0 unspecified atom stereocenters. The molecule has 2 rings (SSSR count). The zero-order chi connectivity index (χ0) is 12.1. The number of carbonyl (C=O) groups is 1. The lowest BCUT2D eigenvalue weighted by atomic mass is 10.3. The molecule has 2 heterocycles. The van der Waals surface area contributed by atoms with Gasteiger partial charge in [0.2, 0.25) is 5.91 Å². The van der Waals surface area contributed by atoms with Gasteiger partial charge in [0.25, 0.3) is 0 Å². The van der Waals surface area contributed by atoms with Crippen LogP contribution in [0.3, 0.4) is 0 Å². The van der Waals surface area contributed by atoms with Gasteiger partial charge < -0.3 is 4.98 Å². The molecule has 5 nitrogen and oxygen atoms in total. The van der Waals surface area contributed by atoms with Gasteiger partial charge in [0.15, 0.2) is 0 Å². The Kier molecular flexibility index (Phi) is 3.66. The summed E-state index contributed by atoms with van der Waals surface area (Å²) in [6.45, 7) is 1.91. The largest absolute Gasteiger partial charge is 0.360 e. The fourth-order valence-corrected chi connectivity index (χ4v) is 1.90. The number of carbonyl (C=O) groups excluding carboxylic acids is 1. The number of aromatic nitrogens is 2. The average Bonchev–Trinajstić information content (AvgIpc) is 2.90. The molecule has 2 aromatic rings. The number of aromatic amines is 1. The van der Waals surface area contributed by atoms with E-state index in [1.165, 1.54) is 11.3 Å². The van der Waals surface area contributed by atoms with Crippen LogP contribution in [-0.4, -0.2) is 22.1 Å². The molecule has 0 radical (unpaired) electrons. The Morgan fingerprint density at radius 2 is 2.59 bits per heavy atom. The van der Waals surface area contributed by atoms with Crippen molar-refractivity contribution >= 4 is 23.5 Å². The van der Waals surface area contributed by atoms with Gasteiger partial charge in [-0.25, -0.2) is 10.4 Å². The highest BCUT2D eigenvalue weighted by Crippen LogP contribution is 2.07. The number of hydrogen-bond donors (Lipinski definition) is 2. The van der Waals surface area contributed by atoms with Crippen LogP contribution in [0.5, 0.6) is 0 Å². The molecule has 6 heteroatoms. The zero-order valence-electron chi connectivity index (χ0n) is 9.30.